The average Bonchev–Trinajstić information content (AvgIpc) is 2.34. The molecule has 14 heavy (non-hydrogen) atoms. The van der Waals surface area contributed by atoms with Crippen molar-refractivity contribution in [2.45, 2.75) is 41.0 Å². The van der Waals surface area contributed by atoms with Gasteiger partial charge in [-0.05, 0) is 5.92 Å². The Hall–Kier alpha value is -0.860. The summed E-state index contributed by atoms with van der Waals surface area (Å²) < 4.78 is 4.31. The number of carbonyl (C=O) groups excluding carboxylic acids is 2. The van der Waals surface area contributed by atoms with Gasteiger partial charge < -0.3 is 4.74 Å². The molecular formula is C11H20O3. The van der Waals surface area contributed by atoms with Crippen LogP contribution in [0.5, 0.6) is 0 Å². The number of esters is 2. The predicted octanol–water partition coefficient (Wildman–Crippen LogP) is 2.39. The first-order valence-corrected chi connectivity index (χ1v) is 5.15. The fourth-order valence-electron chi connectivity index (χ4n) is 0.693. The van der Waals surface area contributed by atoms with Crippen molar-refractivity contribution < 1.29 is 14.3 Å². The molecule has 0 bridgehead atoms. The summed E-state index contributed by atoms with van der Waals surface area (Å²) in [6.45, 7) is 10.0. The molecule has 0 radical (unpaired) electrons. The molecule has 2 atom stereocenters. The zero-order valence-corrected chi connectivity index (χ0v) is 9.66. The van der Waals surface area contributed by atoms with Gasteiger partial charge in [-0.3, -0.25) is 9.59 Å². The van der Waals surface area contributed by atoms with Gasteiger partial charge in [0.05, 0.1) is 11.8 Å². The van der Waals surface area contributed by atoms with E-state index in [9.17, 15) is 9.59 Å². The van der Waals surface area contributed by atoms with Crippen LogP contribution < -0.4 is 0 Å². The Morgan fingerprint density at radius 1 is 1.14 bits per heavy atom. The van der Waals surface area contributed by atoms with Crippen molar-refractivity contribution in [1.29, 1.82) is 0 Å². The Labute approximate surface area is 85.8 Å². The Morgan fingerprint density at radius 2 is 1.43 bits per heavy atom. The fourth-order valence-corrected chi connectivity index (χ4v) is 0.693. The molecule has 0 aliphatic carbocycles. The largest absolute Gasteiger partial charge is 0.393 e. The average molecular weight is 200 g/mol. The van der Waals surface area contributed by atoms with Gasteiger partial charge in [-0.2, -0.15) is 0 Å². The highest BCUT2D eigenvalue weighted by atomic mass is 16.6. The van der Waals surface area contributed by atoms with Gasteiger partial charge in [-0.1, -0.05) is 41.0 Å². The van der Waals surface area contributed by atoms with E-state index in [1.807, 2.05) is 0 Å². The monoisotopic (exact) mass is 200 g/mol. The van der Waals surface area contributed by atoms with Gasteiger partial charge in [0.25, 0.3) is 0 Å². The van der Waals surface area contributed by atoms with Gasteiger partial charge in [0.15, 0.2) is 0 Å². The second-order valence-electron chi connectivity index (χ2n) is 4.12. The molecule has 82 valence electrons. The van der Waals surface area contributed by atoms with E-state index in [1.54, 1.807) is 13.8 Å². The number of carbonyl (C=O) groups is 2. The lowest BCUT2D eigenvalue weighted by atomic mass is 10.00. The van der Waals surface area contributed by atoms with Crippen LogP contribution in [0.3, 0.4) is 0 Å². The highest BCUT2D eigenvalue weighted by Gasteiger charge is 2.37. The van der Waals surface area contributed by atoms with Gasteiger partial charge >= 0.3 is 11.9 Å². The number of rotatable bonds is 1. The predicted molar refractivity (Wildman–Crippen MR) is 54.6 cm³/mol. The zero-order chi connectivity index (χ0) is 11.3. The second kappa shape index (κ2) is 5.78. The molecule has 3 nitrogen and oxygen atoms in total. The van der Waals surface area contributed by atoms with Crippen molar-refractivity contribution in [3.05, 3.63) is 0 Å². The van der Waals surface area contributed by atoms with Crippen LogP contribution in [0.4, 0.5) is 0 Å². The standard InChI is InChI=1S/C6H8O3.C5H12/c1-3-4(2)6(8)9-5(3)7;1-4-5(2)3/h3-4H,1-2H3;5H,4H2,1-3H3. The maximum atomic E-state index is 10.6. The van der Waals surface area contributed by atoms with Crippen LogP contribution in [-0.2, 0) is 14.3 Å². The highest BCUT2D eigenvalue weighted by Crippen LogP contribution is 2.21. The molecule has 0 saturated carbocycles. The van der Waals surface area contributed by atoms with Crippen molar-refractivity contribution in [1.82, 2.24) is 0 Å². The Morgan fingerprint density at radius 3 is 1.50 bits per heavy atom. The van der Waals surface area contributed by atoms with Crippen molar-refractivity contribution >= 4 is 11.9 Å². The lowest BCUT2D eigenvalue weighted by Crippen LogP contribution is -2.09. The molecule has 1 heterocycles. The molecule has 0 N–H and O–H groups in total. The van der Waals surface area contributed by atoms with Gasteiger partial charge in [0.2, 0.25) is 0 Å². The van der Waals surface area contributed by atoms with E-state index in [1.165, 1.54) is 6.42 Å². The lowest BCUT2D eigenvalue weighted by Gasteiger charge is -1.96. The minimum atomic E-state index is -0.396. The lowest BCUT2D eigenvalue weighted by molar-refractivity contribution is -0.153. The van der Waals surface area contributed by atoms with E-state index in [4.69, 9.17) is 0 Å². The maximum absolute atomic E-state index is 10.6. The molecule has 0 spiro atoms. The maximum Gasteiger partial charge on any atom is 0.317 e. The number of cyclic esters (lactones) is 2. The summed E-state index contributed by atoms with van der Waals surface area (Å²) in [6.07, 6.45) is 1.31. The van der Waals surface area contributed by atoms with Crippen LogP contribution in [-0.4, -0.2) is 11.9 Å². The van der Waals surface area contributed by atoms with Crippen molar-refractivity contribution in [2.75, 3.05) is 0 Å². The molecule has 0 aromatic heterocycles. The van der Waals surface area contributed by atoms with E-state index in [-0.39, 0.29) is 11.8 Å². The molecule has 0 amide bonds. The van der Waals surface area contributed by atoms with Crippen molar-refractivity contribution in [3.8, 4) is 0 Å². The SMILES string of the molecule is CC1C(=O)OC(=O)C1C.CCC(C)C. The molecule has 1 fully saturated rings. The van der Waals surface area contributed by atoms with E-state index in [0.717, 1.165) is 5.92 Å². The smallest absolute Gasteiger partial charge is 0.317 e. The summed E-state index contributed by atoms with van der Waals surface area (Å²) in [6, 6.07) is 0. The van der Waals surface area contributed by atoms with E-state index in [2.05, 4.69) is 25.5 Å². The third-order valence-electron chi connectivity index (χ3n) is 2.51. The van der Waals surface area contributed by atoms with Crippen LogP contribution in [0.25, 0.3) is 0 Å². The molecule has 1 rings (SSSR count). The van der Waals surface area contributed by atoms with Crippen molar-refractivity contribution in [2.24, 2.45) is 17.8 Å². The molecule has 1 aliphatic rings. The van der Waals surface area contributed by atoms with Gasteiger partial charge in [0.1, 0.15) is 0 Å². The normalized spacial score (nSPS) is 25.9. The number of ether oxygens (including phenoxy) is 1. The zero-order valence-electron chi connectivity index (χ0n) is 9.66. The van der Waals surface area contributed by atoms with Crippen LogP contribution in [0.1, 0.15) is 41.0 Å². The van der Waals surface area contributed by atoms with Gasteiger partial charge in [-0.25, -0.2) is 0 Å². The van der Waals surface area contributed by atoms with E-state index < -0.39 is 11.9 Å². The summed E-state index contributed by atoms with van der Waals surface area (Å²) in [7, 11) is 0. The van der Waals surface area contributed by atoms with Crippen LogP contribution in [0.15, 0.2) is 0 Å². The Balaban J connectivity index is 0.000000292. The number of hydrogen-bond donors (Lipinski definition) is 0. The second-order valence-corrected chi connectivity index (χ2v) is 4.12. The van der Waals surface area contributed by atoms with E-state index >= 15 is 0 Å². The van der Waals surface area contributed by atoms with Crippen LogP contribution in [0, 0.1) is 17.8 Å². The molecule has 3 heteroatoms. The molecular weight excluding hydrogens is 180 g/mol. The first kappa shape index (κ1) is 13.1. The van der Waals surface area contributed by atoms with Crippen molar-refractivity contribution in [3.63, 3.8) is 0 Å². The van der Waals surface area contributed by atoms with Crippen LogP contribution in [0.2, 0.25) is 0 Å². The molecule has 2 unspecified atom stereocenters. The summed E-state index contributed by atoms with van der Waals surface area (Å²) >= 11 is 0. The summed E-state index contributed by atoms with van der Waals surface area (Å²) in [5, 5.41) is 0. The number of hydrogen-bond acceptors (Lipinski definition) is 3. The third-order valence-corrected chi connectivity index (χ3v) is 2.51. The summed E-state index contributed by atoms with van der Waals surface area (Å²) in [5.41, 5.74) is 0. The summed E-state index contributed by atoms with van der Waals surface area (Å²) in [5.74, 6) is -0.412. The fraction of sp³-hybridized carbons (Fsp3) is 0.818. The van der Waals surface area contributed by atoms with Crippen LogP contribution >= 0.6 is 0 Å². The quantitative estimate of drug-likeness (QED) is 0.482. The molecule has 1 aliphatic heterocycles. The van der Waals surface area contributed by atoms with Gasteiger partial charge in [-0.15, -0.1) is 0 Å². The Kier molecular flexibility index (Phi) is 5.43. The molecule has 1 saturated heterocycles. The molecule has 0 aromatic rings. The first-order chi connectivity index (χ1) is 6.40. The molecule has 0 aromatic carbocycles. The highest BCUT2D eigenvalue weighted by molar-refractivity contribution is 5.95. The minimum absolute atomic E-state index is 0.252. The Bertz CT molecular complexity index is 191. The first-order valence-electron chi connectivity index (χ1n) is 5.15. The third kappa shape index (κ3) is 3.90. The summed E-state index contributed by atoms with van der Waals surface area (Å²) in [4.78, 5) is 21.1. The minimum Gasteiger partial charge on any atom is -0.393 e. The topological polar surface area (TPSA) is 43.4 Å². The van der Waals surface area contributed by atoms with E-state index in [0.29, 0.717) is 0 Å². The van der Waals surface area contributed by atoms with Gasteiger partial charge in [0, 0.05) is 0 Å².